The van der Waals surface area contributed by atoms with E-state index in [9.17, 15) is 0 Å². The molecule has 0 atom stereocenters. The molecule has 0 aromatic heterocycles. The minimum Gasteiger partial charge on any atom is -0.292 e. The van der Waals surface area contributed by atoms with E-state index in [-0.39, 0.29) is 0 Å². The zero-order valence-electron chi connectivity index (χ0n) is 17.2. The van der Waals surface area contributed by atoms with E-state index in [0.717, 1.165) is 13.0 Å². The number of hydrogen-bond acceptors (Lipinski definition) is 1. The normalized spacial score (nSPS) is 10.8. The maximum atomic E-state index is 3.42. The Balaban J connectivity index is 3.88. The standard InChI is InChI=1S/C23H45N/c1-4-7-10-13-16-19-22-24(21-18-15-12-9-6-3)23-20-17-14-11-8-5-2/h4-14,16-17,19-23H2,1-3H3. The Kier molecular flexibility index (Phi) is 20.2. The molecule has 0 aliphatic carbocycles. The van der Waals surface area contributed by atoms with Gasteiger partial charge in [0, 0.05) is 6.42 Å². The summed E-state index contributed by atoms with van der Waals surface area (Å²) in [6, 6.07) is 0. The highest BCUT2D eigenvalue weighted by Crippen LogP contribution is 2.08. The lowest BCUT2D eigenvalue weighted by Crippen LogP contribution is -2.26. The van der Waals surface area contributed by atoms with Crippen LogP contribution in [0.5, 0.6) is 0 Å². The van der Waals surface area contributed by atoms with Gasteiger partial charge in [0.1, 0.15) is 0 Å². The van der Waals surface area contributed by atoms with Gasteiger partial charge in [-0.2, -0.15) is 0 Å². The molecule has 1 nitrogen and oxygen atoms in total. The third-order valence-electron chi connectivity index (χ3n) is 4.74. The minimum absolute atomic E-state index is 0.994. The summed E-state index contributed by atoms with van der Waals surface area (Å²) in [5.74, 6) is 6.78. The summed E-state index contributed by atoms with van der Waals surface area (Å²) in [6.07, 6.45) is 20.3. The number of hydrogen-bond donors (Lipinski definition) is 0. The summed E-state index contributed by atoms with van der Waals surface area (Å²) in [5, 5.41) is 0. The zero-order valence-corrected chi connectivity index (χ0v) is 17.2. The fraction of sp³-hybridized carbons (Fsp3) is 0.913. The fourth-order valence-electron chi connectivity index (χ4n) is 3.02. The van der Waals surface area contributed by atoms with Crippen molar-refractivity contribution < 1.29 is 0 Å². The van der Waals surface area contributed by atoms with E-state index < -0.39 is 0 Å². The maximum absolute atomic E-state index is 3.42. The third kappa shape index (κ3) is 17.9. The van der Waals surface area contributed by atoms with E-state index in [1.54, 1.807) is 0 Å². The molecule has 0 N–H and O–H groups in total. The lowest BCUT2D eigenvalue weighted by Gasteiger charge is -2.19. The summed E-state index contributed by atoms with van der Waals surface area (Å²) in [5.41, 5.74) is 0. The molecule has 0 rings (SSSR count). The topological polar surface area (TPSA) is 3.24 Å². The van der Waals surface area contributed by atoms with Crippen molar-refractivity contribution in [2.45, 2.75) is 117 Å². The molecule has 0 aliphatic heterocycles. The molecule has 24 heavy (non-hydrogen) atoms. The number of rotatable bonds is 17. The van der Waals surface area contributed by atoms with Gasteiger partial charge in [0.25, 0.3) is 0 Å². The van der Waals surface area contributed by atoms with Crippen LogP contribution in [-0.4, -0.2) is 24.5 Å². The summed E-state index contributed by atoms with van der Waals surface area (Å²) < 4.78 is 0. The van der Waals surface area contributed by atoms with Crippen molar-refractivity contribution in [1.29, 1.82) is 0 Å². The first kappa shape index (κ1) is 23.5. The molecule has 0 aromatic carbocycles. The van der Waals surface area contributed by atoms with Crippen LogP contribution in [0.25, 0.3) is 0 Å². The van der Waals surface area contributed by atoms with Crippen LogP contribution >= 0.6 is 0 Å². The third-order valence-corrected chi connectivity index (χ3v) is 4.74. The van der Waals surface area contributed by atoms with Crippen LogP contribution in [0.15, 0.2) is 0 Å². The first-order valence-corrected chi connectivity index (χ1v) is 11.0. The van der Waals surface area contributed by atoms with Crippen LogP contribution in [0.4, 0.5) is 0 Å². The van der Waals surface area contributed by atoms with Crippen LogP contribution in [0.1, 0.15) is 117 Å². The van der Waals surface area contributed by atoms with Crippen molar-refractivity contribution in [2.75, 3.05) is 19.6 Å². The smallest absolute Gasteiger partial charge is 0.0601 e. The quantitative estimate of drug-likeness (QED) is 0.200. The van der Waals surface area contributed by atoms with Crippen molar-refractivity contribution in [1.82, 2.24) is 4.90 Å². The highest BCUT2D eigenvalue weighted by molar-refractivity contribution is 5.01. The molecule has 0 aromatic rings. The van der Waals surface area contributed by atoms with Crippen LogP contribution < -0.4 is 0 Å². The van der Waals surface area contributed by atoms with Gasteiger partial charge in [-0.25, -0.2) is 0 Å². The second-order valence-electron chi connectivity index (χ2n) is 7.27. The predicted molar refractivity (Wildman–Crippen MR) is 110 cm³/mol. The van der Waals surface area contributed by atoms with Gasteiger partial charge in [-0.1, -0.05) is 97.3 Å². The van der Waals surface area contributed by atoms with Crippen molar-refractivity contribution in [3.8, 4) is 11.8 Å². The first-order valence-electron chi connectivity index (χ1n) is 11.0. The largest absolute Gasteiger partial charge is 0.292 e. The molecule has 0 heterocycles. The van der Waals surface area contributed by atoms with E-state index in [1.807, 2.05) is 0 Å². The van der Waals surface area contributed by atoms with E-state index in [4.69, 9.17) is 0 Å². The van der Waals surface area contributed by atoms with Crippen LogP contribution in [0.3, 0.4) is 0 Å². The summed E-state index contributed by atoms with van der Waals surface area (Å²) >= 11 is 0. The Morgan fingerprint density at radius 1 is 0.500 bits per heavy atom. The lowest BCUT2D eigenvalue weighted by molar-refractivity contribution is 0.290. The van der Waals surface area contributed by atoms with Gasteiger partial charge < -0.3 is 0 Å². The van der Waals surface area contributed by atoms with Gasteiger partial charge in [0.15, 0.2) is 0 Å². The Hall–Kier alpha value is -0.480. The number of unbranched alkanes of at least 4 members (excludes halogenated alkanes) is 12. The molecular formula is C23H45N. The average Bonchev–Trinajstić information content (AvgIpc) is 2.60. The van der Waals surface area contributed by atoms with E-state index in [2.05, 4.69) is 37.5 Å². The highest BCUT2D eigenvalue weighted by atomic mass is 15.1. The van der Waals surface area contributed by atoms with Crippen LogP contribution in [-0.2, 0) is 0 Å². The molecule has 1 heteroatoms. The Labute approximate surface area is 154 Å². The lowest BCUT2D eigenvalue weighted by atomic mass is 10.1. The maximum Gasteiger partial charge on any atom is 0.0601 e. The SMILES string of the molecule is CCCCC#CCN(CCCCCCCC)CCCCCCCC. The first-order chi connectivity index (χ1) is 11.8. The van der Waals surface area contributed by atoms with Gasteiger partial charge >= 0.3 is 0 Å². The summed E-state index contributed by atoms with van der Waals surface area (Å²) in [4.78, 5) is 2.61. The molecule has 0 radical (unpaired) electrons. The summed E-state index contributed by atoms with van der Waals surface area (Å²) in [6.45, 7) is 10.3. The molecule has 0 aliphatic rings. The van der Waals surface area contributed by atoms with Gasteiger partial charge in [-0.05, 0) is 32.4 Å². The average molecular weight is 336 g/mol. The predicted octanol–water partition coefficient (Wildman–Crippen LogP) is 7.20. The van der Waals surface area contributed by atoms with Crippen molar-refractivity contribution in [3.63, 3.8) is 0 Å². The molecule has 0 saturated heterocycles. The molecule has 0 spiro atoms. The fourth-order valence-corrected chi connectivity index (χ4v) is 3.02. The molecule has 0 unspecified atom stereocenters. The molecular weight excluding hydrogens is 290 g/mol. The van der Waals surface area contributed by atoms with E-state index >= 15 is 0 Å². The molecule has 0 amide bonds. The van der Waals surface area contributed by atoms with Crippen LogP contribution in [0.2, 0.25) is 0 Å². The Morgan fingerprint density at radius 3 is 1.46 bits per heavy atom. The molecule has 0 bridgehead atoms. The van der Waals surface area contributed by atoms with Gasteiger partial charge in [-0.15, -0.1) is 5.92 Å². The van der Waals surface area contributed by atoms with Crippen molar-refractivity contribution in [2.24, 2.45) is 0 Å². The molecule has 0 fully saturated rings. The van der Waals surface area contributed by atoms with E-state index in [1.165, 1.54) is 103 Å². The monoisotopic (exact) mass is 335 g/mol. The highest BCUT2D eigenvalue weighted by Gasteiger charge is 2.03. The van der Waals surface area contributed by atoms with E-state index in [0.29, 0.717) is 0 Å². The van der Waals surface area contributed by atoms with Gasteiger partial charge in [0.2, 0.25) is 0 Å². The van der Waals surface area contributed by atoms with Crippen molar-refractivity contribution >= 4 is 0 Å². The second kappa shape index (κ2) is 20.6. The minimum atomic E-state index is 0.994. The van der Waals surface area contributed by atoms with Gasteiger partial charge in [-0.3, -0.25) is 4.90 Å². The molecule has 0 saturated carbocycles. The Bertz CT molecular complexity index is 270. The van der Waals surface area contributed by atoms with Crippen LogP contribution in [0, 0.1) is 11.8 Å². The van der Waals surface area contributed by atoms with Gasteiger partial charge in [0.05, 0.1) is 6.54 Å². The number of nitrogens with zero attached hydrogens (tertiary/aromatic N) is 1. The second-order valence-corrected chi connectivity index (χ2v) is 7.27. The molecule has 142 valence electrons. The zero-order chi connectivity index (χ0) is 17.7. The summed E-state index contributed by atoms with van der Waals surface area (Å²) in [7, 11) is 0. The Morgan fingerprint density at radius 2 is 0.958 bits per heavy atom. The van der Waals surface area contributed by atoms with Crippen molar-refractivity contribution in [3.05, 3.63) is 0 Å².